The molecule has 0 unspecified atom stereocenters. The molecule has 3 rings (SSSR count). The van der Waals surface area contributed by atoms with Crippen LogP contribution in [0.5, 0.6) is 0 Å². The zero-order chi connectivity index (χ0) is 10.8. The topological polar surface area (TPSA) is 41.1 Å². The third-order valence-corrected chi connectivity index (χ3v) is 3.24. The monoisotopic (exact) mass is 218 g/mol. The first kappa shape index (κ1) is 10.0. The van der Waals surface area contributed by atoms with Gasteiger partial charge < -0.3 is 10.2 Å². The van der Waals surface area contributed by atoms with E-state index in [1.165, 1.54) is 25.7 Å². The molecule has 1 aliphatic heterocycles. The quantitative estimate of drug-likeness (QED) is 0.827. The van der Waals surface area contributed by atoms with Crippen molar-refractivity contribution in [3.8, 4) is 0 Å². The maximum Gasteiger partial charge on any atom is 0.225 e. The van der Waals surface area contributed by atoms with Crippen LogP contribution in [0.4, 0.5) is 5.95 Å². The van der Waals surface area contributed by atoms with Crippen molar-refractivity contribution in [1.82, 2.24) is 15.3 Å². The van der Waals surface area contributed by atoms with E-state index in [2.05, 4.69) is 20.2 Å². The van der Waals surface area contributed by atoms with Crippen LogP contribution in [0.25, 0.3) is 0 Å². The lowest BCUT2D eigenvalue weighted by Crippen LogP contribution is -2.22. The normalized spacial score (nSPS) is 20.4. The molecule has 0 aromatic carbocycles. The van der Waals surface area contributed by atoms with Crippen LogP contribution >= 0.6 is 0 Å². The highest BCUT2D eigenvalue weighted by Crippen LogP contribution is 2.19. The van der Waals surface area contributed by atoms with Crippen molar-refractivity contribution >= 4 is 5.95 Å². The summed E-state index contributed by atoms with van der Waals surface area (Å²) in [5, 5.41) is 3.48. The fourth-order valence-electron chi connectivity index (χ4n) is 2.09. The average molecular weight is 218 g/mol. The van der Waals surface area contributed by atoms with Crippen molar-refractivity contribution in [2.45, 2.75) is 38.3 Å². The molecule has 0 amide bonds. The molecule has 4 nitrogen and oxygen atoms in total. The fourth-order valence-corrected chi connectivity index (χ4v) is 2.09. The van der Waals surface area contributed by atoms with Crippen LogP contribution in [0.3, 0.4) is 0 Å². The van der Waals surface area contributed by atoms with Crippen LogP contribution in [0.2, 0.25) is 0 Å². The van der Waals surface area contributed by atoms with Gasteiger partial charge in [-0.2, -0.15) is 0 Å². The number of aromatic nitrogens is 2. The smallest absolute Gasteiger partial charge is 0.225 e. The molecule has 1 N–H and O–H groups in total. The summed E-state index contributed by atoms with van der Waals surface area (Å²) in [5.41, 5.74) is 1.11. The molecule has 2 fully saturated rings. The zero-order valence-corrected chi connectivity index (χ0v) is 9.52. The van der Waals surface area contributed by atoms with Gasteiger partial charge in [0.15, 0.2) is 0 Å². The predicted octanol–water partition coefficient (Wildman–Crippen LogP) is 1.33. The van der Waals surface area contributed by atoms with E-state index >= 15 is 0 Å². The summed E-state index contributed by atoms with van der Waals surface area (Å²) in [4.78, 5) is 11.2. The van der Waals surface area contributed by atoms with E-state index in [4.69, 9.17) is 0 Å². The minimum absolute atomic E-state index is 0.741. The minimum Gasteiger partial charge on any atom is -0.341 e. The van der Waals surface area contributed by atoms with E-state index in [9.17, 15) is 0 Å². The lowest BCUT2D eigenvalue weighted by molar-refractivity contribution is 0.671. The van der Waals surface area contributed by atoms with Crippen LogP contribution in [-0.4, -0.2) is 29.1 Å². The maximum absolute atomic E-state index is 4.61. The van der Waals surface area contributed by atoms with Gasteiger partial charge in [-0.15, -0.1) is 0 Å². The van der Waals surface area contributed by atoms with Crippen LogP contribution in [-0.2, 0) is 6.54 Å². The summed E-state index contributed by atoms with van der Waals surface area (Å²) >= 11 is 0. The van der Waals surface area contributed by atoms with E-state index in [-0.39, 0.29) is 0 Å². The first-order valence-corrected chi connectivity index (χ1v) is 6.22. The van der Waals surface area contributed by atoms with Gasteiger partial charge in [0.1, 0.15) is 0 Å². The van der Waals surface area contributed by atoms with Gasteiger partial charge in [0.2, 0.25) is 5.95 Å². The molecule has 1 aliphatic carbocycles. The summed E-state index contributed by atoms with van der Waals surface area (Å²) in [6.07, 6.45) is 7.07. The lowest BCUT2D eigenvalue weighted by atomic mass is 10.4. The van der Waals surface area contributed by atoms with Crippen molar-refractivity contribution in [2.75, 3.05) is 18.0 Å². The van der Waals surface area contributed by atoms with E-state index < -0.39 is 0 Å². The summed E-state index contributed by atoms with van der Waals surface area (Å²) in [7, 11) is 0. The van der Waals surface area contributed by atoms with E-state index in [0.29, 0.717) is 0 Å². The van der Waals surface area contributed by atoms with Crippen molar-refractivity contribution in [3.05, 3.63) is 18.0 Å². The molecule has 16 heavy (non-hydrogen) atoms. The lowest BCUT2D eigenvalue weighted by Gasteiger charge is -2.15. The summed E-state index contributed by atoms with van der Waals surface area (Å²) < 4.78 is 0. The second-order valence-corrected chi connectivity index (χ2v) is 4.70. The van der Waals surface area contributed by atoms with Crippen molar-refractivity contribution in [1.29, 1.82) is 0 Å². The highest BCUT2D eigenvalue weighted by Gasteiger charge is 2.20. The molecule has 0 radical (unpaired) electrons. The highest BCUT2D eigenvalue weighted by molar-refractivity contribution is 5.31. The van der Waals surface area contributed by atoms with Gasteiger partial charge >= 0.3 is 0 Å². The molecule has 2 aliphatic rings. The van der Waals surface area contributed by atoms with Gasteiger partial charge in [-0.25, -0.2) is 9.97 Å². The number of anilines is 1. The summed E-state index contributed by atoms with van der Waals surface area (Å²) in [5.74, 6) is 0.910. The van der Waals surface area contributed by atoms with E-state index in [0.717, 1.165) is 37.3 Å². The summed E-state index contributed by atoms with van der Waals surface area (Å²) in [6, 6.07) is 2.75. The first-order chi connectivity index (χ1) is 7.92. The van der Waals surface area contributed by atoms with E-state index in [1.54, 1.807) is 0 Å². The Bertz CT molecular complexity index is 356. The first-order valence-electron chi connectivity index (χ1n) is 6.22. The van der Waals surface area contributed by atoms with E-state index in [1.807, 2.05) is 12.3 Å². The SMILES string of the molecule is c1cc(CNC2CC2)nc(N2CCCC2)n1. The van der Waals surface area contributed by atoms with Gasteiger partial charge in [-0.1, -0.05) is 0 Å². The standard InChI is InChI=1S/C12H18N4/c1-2-8-16(7-1)12-13-6-5-11(15-12)9-14-10-3-4-10/h5-6,10,14H,1-4,7-9H2. The largest absolute Gasteiger partial charge is 0.341 e. The van der Waals surface area contributed by atoms with Crippen LogP contribution in [0.15, 0.2) is 12.3 Å². The molecule has 4 heteroatoms. The van der Waals surface area contributed by atoms with Gasteiger partial charge in [0.05, 0.1) is 5.69 Å². The number of hydrogen-bond donors (Lipinski definition) is 1. The van der Waals surface area contributed by atoms with Crippen molar-refractivity contribution in [3.63, 3.8) is 0 Å². The molecule has 0 atom stereocenters. The molecule has 1 aromatic rings. The number of nitrogens with one attached hydrogen (secondary N) is 1. The van der Waals surface area contributed by atoms with Crippen LogP contribution < -0.4 is 10.2 Å². The predicted molar refractivity (Wildman–Crippen MR) is 63.3 cm³/mol. The Morgan fingerprint density at radius 1 is 1.31 bits per heavy atom. The number of rotatable bonds is 4. The van der Waals surface area contributed by atoms with Crippen LogP contribution in [0.1, 0.15) is 31.4 Å². The van der Waals surface area contributed by atoms with Gasteiger partial charge in [-0.05, 0) is 31.7 Å². The molecule has 0 spiro atoms. The minimum atomic E-state index is 0.741. The Morgan fingerprint density at radius 3 is 2.88 bits per heavy atom. The second-order valence-electron chi connectivity index (χ2n) is 4.70. The molecule has 0 bridgehead atoms. The third kappa shape index (κ3) is 2.32. The Balaban J connectivity index is 1.65. The number of hydrogen-bond acceptors (Lipinski definition) is 4. The summed E-state index contributed by atoms with van der Waals surface area (Å²) in [6.45, 7) is 3.10. The Morgan fingerprint density at radius 2 is 2.12 bits per heavy atom. The van der Waals surface area contributed by atoms with Crippen molar-refractivity contribution in [2.24, 2.45) is 0 Å². The van der Waals surface area contributed by atoms with Crippen molar-refractivity contribution < 1.29 is 0 Å². The zero-order valence-electron chi connectivity index (χ0n) is 9.52. The fraction of sp³-hybridized carbons (Fsp3) is 0.667. The molecule has 1 saturated carbocycles. The number of nitrogens with zero attached hydrogens (tertiary/aromatic N) is 3. The Labute approximate surface area is 96.1 Å². The average Bonchev–Trinajstić information content (AvgIpc) is 2.99. The molecule has 86 valence electrons. The van der Waals surface area contributed by atoms with Crippen LogP contribution in [0, 0.1) is 0 Å². The third-order valence-electron chi connectivity index (χ3n) is 3.24. The maximum atomic E-state index is 4.61. The molecular weight excluding hydrogens is 200 g/mol. The molecule has 1 saturated heterocycles. The van der Waals surface area contributed by atoms with Gasteiger partial charge in [0.25, 0.3) is 0 Å². The molecule has 2 heterocycles. The Kier molecular flexibility index (Phi) is 2.74. The van der Waals surface area contributed by atoms with Gasteiger partial charge in [0, 0.05) is 31.9 Å². The molecular formula is C12H18N4. The molecule has 1 aromatic heterocycles. The second kappa shape index (κ2) is 4.37. The Hall–Kier alpha value is -1.16. The van der Waals surface area contributed by atoms with Gasteiger partial charge in [-0.3, -0.25) is 0 Å². The highest BCUT2D eigenvalue weighted by atomic mass is 15.3.